The summed E-state index contributed by atoms with van der Waals surface area (Å²) < 4.78 is 0. The molecule has 1 heterocycles. The first-order chi connectivity index (χ1) is 7.50. The molecule has 1 rings (SSSR count). The zero-order chi connectivity index (χ0) is 12.1. The molecule has 1 atom stereocenters. The molecule has 16 heavy (non-hydrogen) atoms. The SMILES string of the molecule is CC(N)CCC(=O)N1CCC(C(N)=O)CC1. The predicted molar refractivity (Wildman–Crippen MR) is 61.4 cm³/mol. The lowest BCUT2D eigenvalue weighted by molar-refractivity contribution is -0.135. The first kappa shape index (κ1) is 13.0. The molecular weight excluding hydrogens is 206 g/mol. The Bertz CT molecular complexity index is 258. The Morgan fingerprint density at radius 3 is 2.38 bits per heavy atom. The van der Waals surface area contributed by atoms with E-state index in [0.29, 0.717) is 38.8 Å². The van der Waals surface area contributed by atoms with Gasteiger partial charge in [-0.15, -0.1) is 0 Å². The number of carbonyl (C=O) groups is 2. The maximum absolute atomic E-state index is 11.7. The lowest BCUT2D eigenvalue weighted by Gasteiger charge is -2.30. The number of likely N-dealkylation sites (tertiary alicyclic amines) is 1. The molecule has 0 radical (unpaired) electrons. The molecule has 1 fully saturated rings. The molecule has 0 spiro atoms. The average Bonchev–Trinajstić information content (AvgIpc) is 2.26. The van der Waals surface area contributed by atoms with Crippen LogP contribution in [0.3, 0.4) is 0 Å². The van der Waals surface area contributed by atoms with Crippen LogP contribution in [0.1, 0.15) is 32.6 Å². The molecule has 0 aromatic rings. The maximum Gasteiger partial charge on any atom is 0.222 e. The van der Waals surface area contributed by atoms with E-state index in [9.17, 15) is 9.59 Å². The van der Waals surface area contributed by atoms with Gasteiger partial charge in [0, 0.05) is 31.5 Å². The lowest BCUT2D eigenvalue weighted by atomic mass is 9.96. The summed E-state index contributed by atoms with van der Waals surface area (Å²) in [5, 5.41) is 0. The van der Waals surface area contributed by atoms with Crippen molar-refractivity contribution in [1.82, 2.24) is 4.90 Å². The van der Waals surface area contributed by atoms with Crippen LogP contribution >= 0.6 is 0 Å². The summed E-state index contributed by atoms with van der Waals surface area (Å²) in [6.07, 6.45) is 2.60. The largest absolute Gasteiger partial charge is 0.369 e. The summed E-state index contributed by atoms with van der Waals surface area (Å²) >= 11 is 0. The monoisotopic (exact) mass is 227 g/mol. The molecule has 1 aliphatic rings. The normalized spacial score (nSPS) is 19.5. The maximum atomic E-state index is 11.7. The first-order valence-corrected chi connectivity index (χ1v) is 5.83. The van der Waals surface area contributed by atoms with Crippen molar-refractivity contribution in [3.05, 3.63) is 0 Å². The van der Waals surface area contributed by atoms with Gasteiger partial charge in [-0.2, -0.15) is 0 Å². The number of hydrogen-bond donors (Lipinski definition) is 2. The summed E-state index contributed by atoms with van der Waals surface area (Å²) in [5.74, 6) is -0.166. The molecule has 0 aliphatic carbocycles. The molecule has 0 bridgehead atoms. The minimum Gasteiger partial charge on any atom is -0.369 e. The molecule has 92 valence electrons. The zero-order valence-corrected chi connectivity index (χ0v) is 9.82. The molecule has 0 aromatic carbocycles. The van der Waals surface area contributed by atoms with E-state index in [1.807, 2.05) is 11.8 Å². The van der Waals surface area contributed by atoms with Gasteiger partial charge in [-0.05, 0) is 26.2 Å². The fraction of sp³-hybridized carbons (Fsp3) is 0.818. The molecule has 1 unspecified atom stereocenters. The van der Waals surface area contributed by atoms with E-state index < -0.39 is 0 Å². The highest BCUT2D eigenvalue weighted by Crippen LogP contribution is 2.17. The van der Waals surface area contributed by atoms with Gasteiger partial charge in [0.05, 0.1) is 0 Å². The highest BCUT2D eigenvalue weighted by molar-refractivity contribution is 5.78. The predicted octanol–water partition coefficient (Wildman–Crippen LogP) is -0.162. The van der Waals surface area contributed by atoms with Gasteiger partial charge in [0.25, 0.3) is 0 Å². The van der Waals surface area contributed by atoms with E-state index >= 15 is 0 Å². The molecule has 2 amide bonds. The minimum atomic E-state index is -0.248. The van der Waals surface area contributed by atoms with E-state index in [2.05, 4.69) is 0 Å². The minimum absolute atomic E-state index is 0.0579. The first-order valence-electron chi connectivity index (χ1n) is 5.83. The van der Waals surface area contributed by atoms with Crippen molar-refractivity contribution in [2.75, 3.05) is 13.1 Å². The second kappa shape index (κ2) is 5.84. The van der Waals surface area contributed by atoms with Crippen molar-refractivity contribution in [1.29, 1.82) is 0 Å². The van der Waals surface area contributed by atoms with Crippen LogP contribution in [0.15, 0.2) is 0 Å². The van der Waals surface area contributed by atoms with E-state index in [0.717, 1.165) is 0 Å². The van der Waals surface area contributed by atoms with Crippen molar-refractivity contribution in [3.8, 4) is 0 Å². The van der Waals surface area contributed by atoms with Crippen molar-refractivity contribution in [3.63, 3.8) is 0 Å². The van der Waals surface area contributed by atoms with Gasteiger partial charge in [0.15, 0.2) is 0 Å². The number of amides is 2. The van der Waals surface area contributed by atoms with Crippen molar-refractivity contribution in [2.45, 2.75) is 38.6 Å². The van der Waals surface area contributed by atoms with Crippen LogP contribution < -0.4 is 11.5 Å². The second-order valence-electron chi connectivity index (χ2n) is 4.57. The third-order valence-electron chi connectivity index (χ3n) is 3.06. The molecule has 1 saturated heterocycles. The lowest BCUT2D eigenvalue weighted by Crippen LogP contribution is -2.42. The van der Waals surface area contributed by atoms with Crippen LogP contribution in [-0.2, 0) is 9.59 Å². The highest BCUT2D eigenvalue weighted by atomic mass is 16.2. The van der Waals surface area contributed by atoms with Gasteiger partial charge in [-0.3, -0.25) is 9.59 Å². The number of carbonyl (C=O) groups excluding carboxylic acids is 2. The molecular formula is C11H21N3O2. The smallest absolute Gasteiger partial charge is 0.222 e. The molecule has 5 heteroatoms. The van der Waals surface area contributed by atoms with E-state index in [-0.39, 0.29) is 23.8 Å². The quantitative estimate of drug-likeness (QED) is 0.699. The Kier molecular flexibility index (Phi) is 4.73. The number of hydrogen-bond acceptors (Lipinski definition) is 3. The summed E-state index contributed by atoms with van der Waals surface area (Å²) in [6.45, 7) is 3.18. The summed E-state index contributed by atoms with van der Waals surface area (Å²) in [6, 6.07) is 0.0621. The molecule has 0 saturated carbocycles. The number of primary amides is 1. The van der Waals surface area contributed by atoms with Gasteiger partial charge < -0.3 is 16.4 Å². The molecule has 4 N–H and O–H groups in total. The number of piperidine rings is 1. The number of nitrogens with zero attached hydrogens (tertiary/aromatic N) is 1. The summed E-state index contributed by atoms with van der Waals surface area (Å²) in [7, 11) is 0. The van der Waals surface area contributed by atoms with E-state index in [4.69, 9.17) is 11.5 Å². The second-order valence-corrected chi connectivity index (χ2v) is 4.57. The van der Waals surface area contributed by atoms with Gasteiger partial charge in [-0.25, -0.2) is 0 Å². The van der Waals surface area contributed by atoms with Gasteiger partial charge >= 0.3 is 0 Å². The van der Waals surface area contributed by atoms with Crippen LogP contribution in [0.5, 0.6) is 0 Å². The molecule has 1 aliphatic heterocycles. The molecule has 5 nitrogen and oxygen atoms in total. The van der Waals surface area contributed by atoms with Crippen LogP contribution in [0.25, 0.3) is 0 Å². The van der Waals surface area contributed by atoms with Crippen LogP contribution in [0, 0.1) is 5.92 Å². The van der Waals surface area contributed by atoms with Crippen molar-refractivity contribution in [2.24, 2.45) is 17.4 Å². The van der Waals surface area contributed by atoms with Gasteiger partial charge in [0.2, 0.25) is 11.8 Å². The number of rotatable bonds is 4. The highest BCUT2D eigenvalue weighted by Gasteiger charge is 2.25. The van der Waals surface area contributed by atoms with Crippen LogP contribution in [0.4, 0.5) is 0 Å². The third kappa shape index (κ3) is 3.81. The van der Waals surface area contributed by atoms with Crippen molar-refractivity contribution < 1.29 is 9.59 Å². The van der Waals surface area contributed by atoms with Crippen LogP contribution in [-0.4, -0.2) is 35.8 Å². The summed E-state index contributed by atoms with van der Waals surface area (Å²) in [5.41, 5.74) is 10.8. The Hall–Kier alpha value is -1.10. The fourth-order valence-electron chi connectivity index (χ4n) is 1.92. The third-order valence-corrected chi connectivity index (χ3v) is 3.06. The Morgan fingerprint density at radius 2 is 1.94 bits per heavy atom. The topological polar surface area (TPSA) is 89.4 Å². The van der Waals surface area contributed by atoms with Gasteiger partial charge in [0.1, 0.15) is 0 Å². The Balaban J connectivity index is 2.30. The molecule has 0 aromatic heterocycles. The summed E-state index contributed by atoms with van der Waals surface area (Å²) in [4.78, 5) is 24.5. The van der Waals surface area contributed by atoms with Crippen molar-refractivity contribution >= 4 is 11.8 Å². The van der Waals surface area contributed by atoms with Crippen LogP contribution in [0.2, 0.25) is 0 Å². The standard InChI is InChI=1S/C11H21N3O2/c1-8(12)2-3-10(15)14-6-4-9(5-7-14)11(13)16/h8-9H,2-7,12H2,1H3,(H2,13,16). The number of nitrogens with two attached hydrogens (primary N) is 2. The zero-order valence-electron chi connectivity index (χ0n) is 9.82. The average molecular weight is 227 g/mol. The Labute approximate surface area is 96.1 Å². The van der Waals surface area contributed by atoms with Gasteiger partial charge in [-0.1, -0.05) is 0 Å². The van der Waals surface area contributed by atoms with E-state index in [1.54, 1.807) is 0 Å². The fourth-order valence-corrected chi connectivity index (χ4v) is 1.92. The Morgan fingerprint density at radius 1 is 1.38 bits per heavy atom. The van der Waals surface area contributed by atoms with E-state index in [1.165, 1.54) is 0 Å².